The van der Waals surface area contributed by atoms with E-state index in [-0.39, 0.29) is 23.8 Å². The number of carbonyl (C=O) groups is 2. The molecule has 2 amide bonds. The number of likely N-dealkylation sites (tertiary alicyclic amines) is 1. The molecule has 0 radical (unpaired) electrons. The minimum atomic E-state index is 0.0638. The van der Waals surface area contributed by atoms with Gasteiger partial charge < -0.3 is 16.0 Å². The summed E-state index contributed by atoms with van der Waals surface area (Å²) in [4.78, 5) is 26.9. The van der Waals surface area contributed by atoms with Crippen molar-refractivity contribution in [2.24, 2.45) is 17.6 Å². The molecule has 0 spiro atoms. The zero-order valence-corrected chi connectivity index (χ0v) is 15.7. The topological polar surface area (TPSA) is 75.4 Å². The van der Waals surface area contributed by atoms with Crippen molar-refractivity contribution in [1.82, 2.24) is 10.2 Å². The number of rotatable bonds is 5. The number of nitrogens with one attached hydrogen (secondary N) is 1. The largest absolute Gasteiger partial charge is 0.352 e. The predicted molar refractivity (Wildman–Crippen MR) is 103 cm³/mol. The van der Waals surface area contributed by atoms with Gasteiger partial charge in [-0.1, -0.05) is 31.9 Å². The average molecular weight is 357 g/mol. The second kappa shape index (κ2) is 8.67. The molecule has 1 aliphatic heterocycles. The average Bonchev–Trinajstić information content (AvgIpc) is 3.20. The lowest BCUT2D eigenvalue weighted by atomic mass is 9.92. The van der Waals surface area contributed by atoms with E-state index in [0.717, 1.165) is 50.6 Å². The number of hydrogen-bond donors (Lipinski definition) is 2. The second-order valence-electron chi connectivity index (χ2n) is 7.91. The van der Waals surface area contributed by atoms with Crippen molar-refractivity contribution in [1.29, 1.82) is 0 Å². The summed E-state index contributed by atoms with van der Waals surface area (Å²) in [6.45, 7) is 4.04. The Morgan fingerprint density at radius 3 is 2.50 bits per heavy atom. The molecule has 2 unspecified atom stereocenters. The van der Waals surface area contributed by atoms with Gasteiger partial charge >= 0.3 is 0 Å². The monoisotopic (exact) mass is 357 g/mol. The van der Waals surface area contributed by atoms with Crippen molar-refractivity contribution >= 4 is 11.8 Å². The molecule has 0 aromatic heterocycles. The SMILES string of the molecule is CC1CCN(C(=O)c2ccc(CNC(=O)C3CCCC3)cc2)C(CN)C1. The van der Waals surface area contributed by atoms with E-state index in [9.17, 15) is 9.59 Å². The van der Waals surface area contributed by atoms with Crippen molar-refractivity contribution in [3.8, 4) is 0 Å². The zero-order valence-electron chi connectivity index (χ0n) is 15.7. The maximum Gasteiger partial charge on any atom is 0.254 e. The molecule has 3 N–H and O–H groups in total. The molecule has 142 valence electrons. The van der Waals surface area contributed by atoms with E-state index in [1.54, 1.807) is 0 Å². The molecule has 5 heteroatoms. The number of amides is 2. The van der Waals surface area contributed by atoms with Gasteiger partial charge in [0.2, 0.25) is 5.91 Å². The lowest BCUT2D eigenvalue weighted by molar-refractivity contribution is -0.124. The Morgan fingerprint density at radius 2 is 1.85 bits per heavy atom. The van der Waals surface area contributed by atoms with Crippen LogP contribution in [0.1, 0.15) is 61.4 Å². The Labute approximate surface area is 156 Å². The van der Waals surface area contributed by atoms with Gasteiger partial charge in [-0.2, -0.15) is 0 Å². The van der Waals surface area contributed by atoms with Gasteiger partial charge in [0.15, 0.2) is 0 Å². The van der Waals surface area contributed by atoms with Gasteiger partial charge in [-0.05, 0) is 49.3 Å². The number of piperidine rings is 1. The highest BCUT2D eigenvalue weighted by molar-refractivity contribution is 5.94. The summed E-state index contributed by atoms with van der Waals surface area (Å²) in [6.07, 6.45) is 6.36. The number of carbonyl (C=O) groups excluding carboxylic acids is 2. The van der Waals surface area contributed by atoms with Crippen LogP contribution in [0.3, 0.4) is 0 Å². The minimum Gasteiger partial charge on any atom is -0.352 e. The van der Waals surface area contributed by atoms with Gasteiger partial charge in [-0.15, -0.1) is 0 Å². The molecular weight excluding hydrogens is 326 g/mol. The quantitative estimate of drug-likeness (QED) is 0.851. The lowest BCUT2D eigenvalue weighted by Gasteiger charge is -2.38. The Kier molecular flexibility index (Phi) is 6.30. The van der Waals surface area contributed by atoms with Crippen molar-refractivity contribution in [2.75, 3.05) is 13.1 Å². The molecule has 2 atom stereocenters. The second-order valence-corrected chi connectivity index (χ2v) is 7.91. The summed E-state index contributed by atoms with van der Waals surface area (Å²) >= 11 is 0. The van der Waals surface area contributed by atoms with E-state index >= 15 is 0 Å². The van der Waals surface area contributed by atoms with Crippen LogP contribution in [0.15, 0.2) is 24.3 Å². The number of benzene rings is 1. The third-order valence-electron chi connectivity index (χ3n) is 5.90. The first-order valence-electron chi connectivity index (χ1n) is 9.96. The zero-order chi connectivity index (χ0) is 18.5. The summed E-state index contributed by atoms with van der Waals surface area (Å²) in [5, 5.41) is 3.02. The van der Waals surface area contributed by atoms with Crippen LogP contribution in [-0.2, 0) is 11.3 Å². The van der Waals surface area contributed by atoms with Crippen LogP contribution >= 0.6 is 0 Å². The Hall–Kier alpha value is -1.88. The summed E-state index contributed by atoms with van der Waals surface area (Å²) in [5.74, 6) is 1.04. The maximum atomic E-state index is 12.8. The Morgan fingerprint density at radius 1 is 1.15 bits per heavy atom. The summed E-state index contributed by atoms with van der Waals surface area (Å²) in [6, 6.07) is 7.74. The van der Waals surface area contributed by atoms with Crippen LogP contribution in [0.2, 0.25) is 0 Å². The molecule has 2 fully saturated rings. The summed E-state index contributed by atoms with van der Waals surface area (Å²) in [7, 11) is 0. The van der Waals surface area contributed by atoms with Crippen LogP contribution < -0.4 is 11.1 Å². The van der Waals surface area contributed by atoms with Gasteiger partial charge in [-0.25, -0.2) is 0 Å². The fourth-order valence-corrected chi connectivity index (χ4v) is 4.19. The van der Waals surface area contributed by atoms with Crippen LogP contribution in [0.5, 0.6) is 0 Å². The van der Waals surface area contributed by atoms with E-state index in [1.165, 1.54) is 0 Å². The summed E-state index contributed by atoms with van der Waals surface area (Å²) in [5.41, 5.74) is 7.60. The fraction of sp³-hybridized carbons (Fsp3) is 0.619. The predicted octanol–water partition coefficient (Wildman–Crippen LogP) is 2.69. The fourth-order valence-electron chi connectivity index (χ4n) is 4.19. The van der Waals surface area contributed by atoms with Gasteiger partial charge in [0.1, 0.15) is 0 Å². The molecule has 3 rings (SSSR count). The number of nitrogens with zero attached hydrogens (tertiary/aromatic N) is 1. The lowest BCUT2D eigenvalue weighted by Crippen LogP contribution is -2.49. The normalized spacial score (nSPS) is 23.8. The first kappa shape index (κ1) is 18.9. The van der Waals surface area contributed by atoms with Gasteiger partial charge in [0.25, 0.3) is 5.91 Å². The van der Waals surface area contributed by atoms with E-state index in [1.807, 2.05) is 29.2 Å². The smallest absolute Gasteiger partial charge is 0.254 e. The highest BCUT2D eigenvalue weighted by Gasteiger charge is 2.29. The molecule has 2 aliphatic rings. The molecule has 5 nitrogen and oxygen atoms in total. The molecule has 1 aromatic rings. The van der Waals surface area contributed by atoms with Crippen molar-refractivity contribution in [3.63, 3.8) is 0 Å². The number of hydrogen-bond acceptors (Lipinski definition) is 3. The van der Waals surface area contributed by atoms with Gasteiger partial charge in [0.05, 0.1) is 0 Å². The van der Waals surface area contributed by atoms with E-state index < -0.39 is 0 Å². The van der Waals surface area contributed by atoms with Crippen molar-refractivity contribution in [2.45, 2.75) is 58.0 Å². The number of nitrogens with two attached hydrogens (primary N) is 1. The molecular formula is C21H31N3O2. The van der Waals surface area contributed by atoms with E-state index in [2.05, 4.69) is 12.2 Å². The molecule has 1 saturated carbocycles. The van der Waals surface area contributed by atoms with E-state index in [4.69, 9.17) is 5.73 Å². The third-order valence-corrected chi connectivity index (χ3v) is 5.90. The van der Waals surface area contributed by atoms with Gasteiger partial charge in [0, 0.05) is 37.2 Å². The molecule has 26 heavy (non-hydrogen) atoms. The van der Waals surface area contributed by atoms with Crippen LogP contribution in [0.4, 0.5) is 0 Å². The Bertz CT molecular complexity index is 623. The van der Waals surface area contributed by atoms with Gasteiger partial charge in [-0.3, -0.25) is 9.59 Å². The highest BCUT2D eigenvalue weighted by atomic mass is 16.2. The molecule has 1 saturated heterocycles. The van der Waals surface area contributed by atoms with Crippen LogP contribution in [-0.4, -0.2) is 35.8 Å². The first-order valence-corrected chi connectivity index (χ1v) is 9.96. The molecule has 1 aliphatic carbocycles. The standard InChI is InChI=1S/C21H31N3O2/c1-15-10-11-24(19(12-15)13-22)21(26)18-8-6-16(7-9-18)14-23-20(25)17-4-2-3-5-17/h6-9,15,17,19H,2-5,10-14,22H2,1H3,(H,23,25). The molecule has 1 heterocycles. The molecule has 1 aromatic carbocycles. The molecule has 0 bridgehead atoms. The highest BCUT2D eigenvalue weighted by Crippen LogP contribution is 2.25. The van der Waals surface area contributed by atoms with Crippen LogP contribution in [0, 0.1) is 11.8 Å². The van der Waals surface area contributed by atoms with E-state index in [0.29, 0.717) is 24.6 Å². The minimum absolute atomic E-state index is 0.0638. The van der Waals surface area contributed by atoms with Crippen LogP contribution in [0.25, 0.3) is 0 Å². The van der Waals surface area contributed by atoms with Crippen molar-refractivity contribution in [3.05, 3.63) is 35.4 Å². The summed E-state index contributed by atoms with van der Waals surface area (Å²) < 4.78 is 0. The first-order chi connectivity index (χ1) is 12.6. The third kappa shape index (κ3) is 4.44. The Balaban J connectivity index is 1.56. The van der Waals surface area contributed by atoms with Crippen molar-refractivity contribution < 1.29 is 9.59 Å². The maximum absolute atomic E-state index is 12.8.